The molecule has 2 amide bonds. The van der Waals surface area contributed by atoms with E-state index in [2.05, 4.69) is 25.8 Å². The molecule has 3 heterocycles. The molecule has 2 aliphatic rings. The van der Waals surface area contributed by atoms with E-state index in [4.69, 9.17) is 0 Å². The van der Waals surface area contributed by atoms with Crippen LogP contribution in [0.25, 0.3) is 5.65 Å². The van der Waals surface area contributed by atoms with Crippen LogP contribution in [0.1, 0.15) is 85.2 Å². The SMILES string of the molecule is O=C(CCC(F)(F)F)N[C@@H](c1cnn2cc([C@@H](NC(=O)c3ccnn3CC(F)(F)F)C3CCC(F)(F)CC3)nc2c1)C1CC1. The summed E-state index contributed by atoms with van der Waals surface area (Å²) in [5.41, 5.74) is 0.630. The van der Waals surface area contributed by atoms with E-state index in [0.29, 0.717) is 10.2 Å². The first-order valence-corrected chi connectivity index (χ1v) is 14.1. The molecule has 2 atom stereocenters. The van der Waals surface area contributed by atoms with E-state index >= 15 is 0 Å². The Morgan fingerprint density at radius 2 is 1.64 bits per heavy atom. The molecule has 0 radical (unpaired) electrons. The summed E-state index contributed by atoms with van der Waals surface area (Å²) >= 11 is 0. The fraction of sp³-hybridized carbons (Fsp3) is 0.593. The van der Waals surface area contributed by atoms with Gasteiger partial charge in [-0.1, -0.05) is 0 Å². The van der Waals surface area contributed by atoms with Crippen LogP contribution in [0.3, 0.4) is 0 Å². The quantitative estimate of drug-likeness (QED) is 0.279. The van der Waals surface area contributed by atoms with Crippen molar-refractivity contribution in [2.45, 2.75) is 88.3 Å². The third-order valence-electron chi connectivity index (χ3n) is 7.88. The first kappa shape index (κ1) is 31.6. The van der Waals surface area contributed by atoms with Crippen LogP contribution in [0.15, 0.2) is 30.7 Å². The summed E-state index contributed by atoms with van der Waals surface area (Å²) in [6.45, 7) is -1.50. The highest BCUT2D eigenvalue weighted by Gasteiger charge is 2.40. The number of carbonyl (C=O) groups is 2. The standard InChI is InChI=1S/C27H29F8N7O2/c28-25(29)7-3-16(4-8-25)23(40-24(44)19-6-10-36-42(19)14-27(33,34)35)18-13-41-20(38-18)11-17(12-37-41)22(15-1-2-15)39-21(43)5-9-26(30,31)32/h6,10-13,15-16,22-23H,1-5,7-9,14H2,(H,39,43)(H,40,44)/t22-,23+/m1/s1. The molecule has 0 unspecified atom stereocenters. The number of aromatic nitrogens is 5. The highest BCUT2D eigenvalue weighted by atomic mass is 19.4. The zero-order valence-corrected chi connectivity index (χ0v) is 23.1. The molecule has 2 aliphatic carbocycles. The molecule has 0 aliphatic heterocycles. The van der Waals surface area contributed by atoms with Crippen LogP contribution >= 0.6 is 0 Å². The number of halogens is 8. The monoisotopic (exact) mass is 635 g/mol. The number of hydrogen-bond acceptors (Lipinski definition) is 5. The van der Waals surface area contributed by atoms with Crippen molar-refractivity contribution >= 4 is 17.5 Å². The lowest BCUT2D eigenvalue weighted by Gasteiger charge is -2.33. The van der Waals surface area contributed by atoms with E-state index in [1.54, 1.807) is 6.07 Å². The van der Waals surface area contributed by atoms with E-state index in [9.17, 15) is 44.7 Å². The second-order valence-electron chi connectivity index (χ2n) is 11.4. The number of nitrogens with zero attached hydrogens (tertiary/aromatic N) is 5. The maximum Gasteiger partial charge on any atom is 0.408 e. The molecular formula is C27H29F8N7O2. The van der Waals surface area contributed by atoms with E-state index in [0.717, 1.165) is 25.1 Å². The summed E-state index contributed by atoms with van der Waals surface area (Å²) in [5.74, 6) is -5.05. The largest absolute Gasteiger partial charge is 0.408 e. The number of carbonyl (C=O) groups excluding carboxylic acids is 2. The second-order valence-corrected chi connectivity index (χ2v) is 11.4. The Balaban J connectivity index is 1.40. The van der Waals surface area contributed by atoms with Crippen molar-refractivity contribution in [2.75, 3.05) is 0 Å². The molecule has 0 aromatic carbocycles. The zero-order chi connectivity index (χ0) is 31.9. The van der Waals surface area contributed by atoms with Gasteiger partial charge >= 0.3 is 12.4 Å². The molecule has 2 fully saturated rings. The van der Waals surface area contributed by atoms with E-state index in [-0.39, 0.29) is 35.8 Å². The molecule has 2 saturated carbocycles. The average Bonchev–Trinajstić information content (AvgIpc) is 3.51. The number of nitrogens with one attached hydrogen (secondary N) is 2. The van der Waals surface area contributed by atoms with Crippen LogP contribution in [-0.4, -0.2) is 54.5 Å². The van der Waals surface area contributed by atoms with Gasteiger partial charge in [0.1, 0.15) is 12.2 Å². The Hall–Kier alpha value is -3.79. The number of imidazole rings is 1. The van der Waals surface area contributed by atoms with Crippen LogP contribution in [0, 0.1) is 11.8 Å². The van der Waals surface area contributed by atoms with Gasteiger partial charge in [-0.3, -0.25) is 14.3 Å². The Labute approximate surface area is 245 Å². The van der Waals surface area contributed by atoms with Crippen LogP contribution in [-0.2, 0) is 11.3 Å². The molecule has 2 N–H and O–H groups in total. The van der Waals surface area contributed by atoms with Crippen LogP contribution in [0.2, 0.25) is 0 Å². The lowest BCUT2D eigenvalue weighted by Crippen LogP contribution is -2.38. The summed E-state index contributed by atoms with van der Waals surface area (Å²) in [4.78, 5) is 30.0. The van der Waals surface area contributed by atoms with E-state index in [1.807, 2.05) is 0 Å². The van der Waals surface area contributed by atoms with Crippen LogP contribution in [0.4, 0.5) is 35.1 Å². The van der Waals surface area contributed by atoms with E-state index < -0.39 is 80.3 Å². The minimum absolute atomic E-state index is 0.000937. The summed E-state index contributed by atoms with van der Waals surface area (Å²) < 4.78 is 107. The maximum atomic E-state index is 14.0. The minimum atomic E-state index is -4.64. The predicted octanol–water partition coefficient (Wildman–Crippen LogP) is 5.69. The molecule has 240 valence electrons. The molecule has 9 nitrogen and oxygen atoms in total. The Morgan fingerprint density at radius 3 is 2.27 bits per heavy atom. The summed E-state index contributed by atoms with van der Waals surface area (Å²) in [7, 11) is 0. The minimum Gasteiger partial charge on any atom is -0.349 e. The van der Waals surface area contributed by atoms with Gasteiger partial charge in [0.15, 0.2) is 5.65 Å². The van der Waals surface area contributed by atoms with E-state index in [1.165, 1.54) is 16.9 Å². The fourth-order valence-corrected chi connectivity index (χ4v) is 5.50. The number of fused-ring (bicyclic) bond motifs is 1. The molecular weight excluding hydrogens is 606 g/mol. The van der Waals surface area contributed by atoms with Crippen molar-refractivity contribution in [3.8, 4) is 0 Å². The van der Waals surface area contributed by atoms with Crippen molar-refractivity contribution in [3.63, 3.8) is 0 Å². The number of hydrogen-bond donors (Lipinski definition) is 2. The average molecular weight is 636 g/mol. The topological polar surface area (TPSA) is 106 Å². The second kappa shape index (κ2) is 12.0. The highest BCUT2D eigenvalue weighted by Crippen LogP contribution is 2.43. The van der Waals surface area contributed by atoms with Crippen molar-refractivity contribution in [2.24, 2.45) is 11.8 Å². The smallest absolute Gasteiger partial charge is 0.349 e. The van der Waals surface area contributed by atoms with Gasteiger partial charge in [-0.15, -0.1) is 0 Å². The molecule has 0 bridgehead atoms. The lowest BCUT2D eigenvalue weighted by molar-refractivity contribution is -0.144. The normalized spacial score (nSPS) is 19.1. The van der Waals surface area contributed by atoms with Gasteiger partial charge in [0.25, 0.3) is 5.91 Å². The van der Waals surface area contributed by atoms with Gasteiger partial charge in [0.2, 0.25) is 11.8 Å². The number of rotatable bonds is 10. The van der Waals surface area contributed by atoms with Crippen molar-refractivity contribution < 1.29 is 44.7 Å². The first-order chi connectivity index (χ1) is 20.6. The van der Waals surface area contributed by atoms with Gasteiger partial charge in [0.05, 0.1) is 36.6 Å². The third kappa shape index (κ3) is 8.02. The fourth-order valence-electron chi connectivity index (χ4n) is 5.50. The first-order valence-electron chi connectivity index (χ1n) is 14.1. The Bertz CT molecular complexity index is 1490. The Kier molecular flexibility index (Phi) is 8.59. The van der Waals surface area contributed by atoms with Gasteiger partial charge in [-0.25, -0.2) is 18.3 Å². The van der Waals surface area contributed by atoms with Crippen molar-refractivity contribution in [1.82, 2.24) is 35.0 Å². The van der Waals surface area contributed by atoms with Gasteiger partial charge < -0.3 is 10.6 Å². The number of amides is 2. The maximum absolute atomic E-state index is 14.0. The van der Waals surface area contributed by atoms with Gasteiger partial charge in [-0.2, -0.15) is 36.5 Å². The summed E-state index contributed by atoms with van der Waals surface area (Å²) in [5, 5.41) is 13.2. The van der Waals surface area contributed by atoms with Crippen molar-refractivity contribution in [1.29, 1.82) is 0 Å². The van der Waals surface area contributed by atoms with Crippen LogP contribution in [0.5, 0.6) is 0 Å². The number of alkyl halides is 8. The molecule has 3 aromatic rings. The van der Waals surface area contributed by atoms with Crippen molar-refractivity contribution in [3.05, 3.63) is 47.7 Å². The molecule has 17 heteroatoms. The zero-order valence-electron chi connectivity index (χ0n) is 23.1. The molecule has 44 heavy (non-hydrogen) atoms. The highest BCUT2D eigenvalue weighted by molar-refractivity contribution is 5.92. The molecule has 5 rings (SSSR count). The third-order valence-corrected chi connectivity index (χ3v) is 7.88. The van der Waals surface area contributed by atoms with Crippen LogP contribution < -0.4 is 10.6 Å². The predicted molar refractivity (Wildman–Crippen MR) is 137 cm³/mol. The molecule has 3 aromatic heterocycles. The molecule has 0 saturated heterocycles. The Morgan fingerprint density at radius 1 is 0.955 bits per heavy atom. The van der Waals surface area contributed by atoms with Gasteiger partial charge in [-0.05, 0) is 55.2 Å². The lowest BCUT2D eigenvalue weighted by atomic mass is 9.81. The van der Waals surface area contributed by atoms with Gasteiger partial charge in [0, 0.05) is 25.5 Å². The summed E-state index contributed by atoms with van der Waals surface area (Å²) in [6.07, 6.45) is -6.49. The summed E-state index contributed by atoms with van der Waals surface area (Å²) in [6, 6.07) is 1.15. The molecule has 0 spiro atoms.